The number of aromatic nitrogens is 1. The molecule has 0 saturated heterocycles. The largest absolute Gasteiger partial charge is 0.359 e. The Kier molecular flexibility index (Phi) is 4.11. The standard InChI is InChI=1S/C18H23N3O2/c1-4-15-16(12(2)21-23-15)20-17(22)19-11-18(3)9-13-7-5-6-8-14(13)10-18/h5-8H,4,9-11H2,1-3H3,(H2,19,20,22). The van der Waals surface area contributed by atoms with Crippen LogP contribution in [0.4, 0.5) is 10.5 Å². The number of nitrogens with one attached hydrogen (secondary N) is 2. The Balaban J connectivity index is 1.59. The van der Waals surface area contributed by atoms with Gasteiger partial charge in [0.1, 0.15) is 11.4 Å². The van der Waals surface area contributed by atoms with Crippen LogP contribution in [-0.2, 0) is 19.3 Å². The first-order chi connectivity index (χ1) is 11.0. The molecule has 2 aromatic rings. The van der Waals surface area contributed by atoms with Crippen LogP contribution in [0.2, 0.25) is 0 Å². The number of rotatable bonds is 4. The Morgan fingerprint density at radius 2 is 1.96 bits per heavy atom. The molecule has 0 atom stereocenters. The van der Waals surface area contributed by atoms with Crippen LogP contribution in [0.5, 0.6) is 0 Å². The van der Waals surface area contributed by atoms with Gasteiger partial charge in [-0.2, -0.15) is 0 Å². The summed E-state index contributed by atoms with van der Waals surface area (Å²) >= 11 is 0. The number of fused-ring (bicyclic) bond motifs is 1. The number of nitrogens with zero attached hydrogens (tertiary/aromatic N) is 1. The SMILES string of the molecule is CCc1onc(C)c1NC(=O)NCC1(C)Cc2ccccc2C1. The van der Waals surface area contributed by atoms with E-state index in [9.17, 15) is 4.79 Å². The van der Waals surface area contributed by atoms with Crippen LogP contribution in [0.3, 0.4) is 0 Å². The molecule has 1 aromatic carbocycles. The van der Waals surface area contributed by atoms with Crippen molar-refractivity contribution in [1.29, 1.82) is 0 Å². The maximum atomic E-state index is 12.2. The van der Waals surface area contributed by atoms with E-state index in [0.29, 0.717) is 30.1 Å². The molecule has 1 heterocycles. The molecule has 0 aliphatic heterocycles. The monoisotopic (exact) mass is 313 g/mol. The maximum absolute atomic E-state index is 12.2. The molecule has 0 radical (unpaired) electrons. The molecule has 0 bridgehead atoms. The molecule has 0 saturated carbocycles. The summed E-state index contributed by atoms with van der Waals surface area (Å²) in [5.74, 6) is 0.706. The van der Waals surface area contributed by atoms with Gasteiger partial charge in [0.2, 0.25) is 0 Å². The maximum Gasteiger partial charge on any atom is 0.319 e. The summed E-state index contributed by atoms with van der Waals surface area (Å²) in [6.45, 7) is 6.65. The molecule has 1 aliphatic carbocycles. The predicted octanol–water partition coefficient (Wildman–Crippen LogP) is 3.47. The minimum Gasteiger partial charge on any atom is -0.359 e. The summed E-state index contributed by atoms with van der Waals surface area (Å²) in [6, 6.07) is 8.30. The second kappa shape index (κ2) is 6.07. The van der Waals surface area contributed by atoms with Crippen LogP contribution in [-0.4, -0.2) is 17.7 Å². The van der Waals surface area contributed by atoms with Crippen LogP contribution >= 0.6 is 0 Å². The number of carbonyl (C=O) groups is 1. The first-order valence-corrected chi connectivity index (χ1v) is 8.07. The summed E-state index contributed by atoms with van der Waals surface area (Å²) < 4.78 is 5.19. The smallest absolute Gasteiger partial charge is 0.319 e. The number of anilines is 1. The van der Waals surface area contributed by atoms with Gasteiger partial charge in [0.05, 0.1) is 0 Å². The highest BCUT2D eigenvalue weighted by molar-refractivity contribution is 5.90. The van der Waals surface area contributed by atoms with E-state index in [0.717, 1.165) is 12.8 Å². The lowest BCUT2D eigenvalue weighted by atomic mass is 9.87. The van der Waals surface area contributed by atoms with Gasteiger partial charge in [-0.25, -0.2) is 4.79 Å². The molecule has 2 N–H and O–H groups in total. The summed E-state index contributed by atoms with van der Waals surface area (Å²) in [5.41, 5.74) is 4.24. The summed E-state index contributed by atoms with van der Waals surface area (Å²) in [4.78, 5) is 12.2. The Hall–Kier alpha value is -2.30. The van der Waals surface area contributed by atoms with E-state index in [2.05, 4.69) is 47.0 Å². The Morgan fingerprint density at radius 3 is 2.57 bits per heavy atom. The number of hydrogen-bond donors (Lipinski definition) is 2. The van der Waals surface area contributed by atoms with E-state index >= 15 is 0 Å². The van der Waals surface area contributed by atoms with E-state index in [1.807, 2.05) is 13.8 Å². The van der Waals surface area contributed by atoms with Crippen LogP contribution in [0, 0.1) is 12.3 Å². The van der Waals surface area contributed by atoms with Gasteiger partial charge in [0.15, 0.2) is 5.76 Å². The molecular formula is C18H23N3O2. The minimum atomic E-state index is -0.205. The molecule has 1 aromatic heterocycles. The highest BCUT2D eigenvalue weighted by Gasteiger charge is 2.32. The lowest BCUT2D eigenvalue weighted by Crippen LogP contribution is -2.38. The second-order valence-electron chi connectivity index (χ2n) is 6.66. The highest BCUT2D eigenvalue weighted by atomic mass is 16.5. The van der Waals surface area contributed by atoms with Crippen LogP contribution in [0.1, 0.15) is 36.4 Å². The normalized spacial score (nSPS) is 15.3. The molecule has 2 amide bonds. The lowest BCUT2D eigenvalue weighted by molar-refractivity contribution is 0.243. The van der Waals surface area contributed by atoms with E-state index in [1.165, 1.54) is 11.1 Å². The third-order valence-electron chi connectivity index (χ3n) is 4.52. The Labute approximate surface area is 136 Å². The Bertz CT molecular complexity index is 696. The number of hydrogen-bond acceptors (Lipinski definition) is 3. The van der Waals surface area contributed by atoms with E-state index in [-0.39, 0.29) is 11.4 Å². The molecule has 3 rings (SSSR count). The quantitative estimate of drug-likeness (QED) is 0.908. The number of aryl methyl sites for hydroxylation is 2. The molecule has 5 nitrogen and oxygen atoms in total. The van der Waals surface area contributed by atoms with Crippen molar-refractivity contribution in [2.75, 3.05) is 11.9 Å². The molecule has 0 unspecified atom stereocenters. The molecule has 0 fully saturated rings. The minimum absolute atomic E-state index is 0.0678. The van der Waals surface area contributed by atoms with Gasteiger partial charge in [0.25, 0.3) is 0 Å². The van der Waals surface area contributed by atoms with Crippen molar-refractivity contribution in [3.8, 4) is 0 Å². The van der Waals surface area contributed by atoms with E-state index < -0.39 is 0 Å². The molecule has 1 aliphatic rings. The zero-order valence-electron chi connectivity index (χ0n) is 13.9. The molecule has 23 heavy (non-hydrogen) atoms. The van der Waals surface area contributed by atoms with Crippen molar-refractivity contribution in [3.63, 3.8) is 0 Å². The first kappa shape index (κ1) is 15.6. The summed E-state index contributed by atoms with van der Waals surface area (Å²) in [7, 11) is 0. The van der Waals surface area contributed by atoms with Crippen LogP contribution in [0.15, 0.2) is 28.8 Å². The van der Waals surface area contributed by atoms with Gasteiger partial charge in [-0.3, -0.25) is 0 Å². The van der Waals surface area contributed by atoms with Crippen LogP contribution in [0.25, 0.3) is 0 Å². The summed E-state index contributed by atoms with van der Waals surface area (Å²) in [6.07, 6.45) is 2.69. The third-order valence-corrected chi connectivity index (χ3v) is 4.52. The average molecular weight is 313 g/mol. The molecule has 5 heteroatoms. The summed E-state index contributed by atoms with van der Waals surface area (Å²) in [5, 5.41) is 9.76. The molecule has 0 spiro atoms. The van der Waals surface area contributed by atoms with Gasteiger partial charge < -0.3 is 15.2 Å². The number of carbonyl (C=O) groups excluding carboxylic acids is 1. The van der Waals surface area contributed by atoms with Gasteiger partial charge in [-0.1, -0.05) is 43.3 Å². The van der Waals surface area contributed by atoms with Gasteiger partial charge >= 0.3 is 6.03 Å². The fourth-order valence-corrected chi connectivity index (χ4v) is 3.28. The molecular weight excluding hydrogens is 290 g/mol. The van der Waals surface area contributed by atoms with Crippen molar-refractivity contribution in [3.05, 3.63) is 46.8 Å². The van der Waals surface area contributed by atoms with Crippen molar-refractivity contribution < 1.29 is 9.32 Å². The fraction of sp³-hybridized carbons (Fsp3) is 0.444. The highest BCUT2D eigenvalue weighted by Crippen LogP contribution is 2.35. The van der Waals surface area contributed by atoms with Crippen molar-refractivity contribution in [2.24, 2.45) is 5.41 Å². The third kappa shape index (κ3) is 3.23. The second-order valence-corrected chi connectivity index (χ2v) is 6.66. The van der Waals surface area contributed by atoms with Gasteiger partial charge in [-0.15, -0.1) is 0 Å². The number of benzene rings is 1. The van der Waals surface area contributed by atoms with Crippen molar-refractivity contribution in [2.45, 2.75) is 40.0 Å². The van der Waals surface area contributed by atoms with Crippen LogP contribution < -0.4 is 10.6 Å². The predicted molar refractivity (Wildman–Crippen MR) is 89.6 cm³/mol. The van der Waals surface area contributed by atoms with Crippen molar-refractivity contribution in [1.82, 2.24) is 10.5 Å². The Morgan fingerprint density at radius 1 is 1.30 bits per heavy atom. The fourth-order valence-electron chi connectivity index (χ4n) is 3.28. The van der Waals surface area contributed by atoms with E-state index in [4.69, 9.17) is 4.52 Å². The lowest BCUT2D eigenvalue weighted by Gasteiger charge is -2.24. The first-order valence-electron chi connectivity index (χ1n) is 8.07. The number of urea groups is 1. The van der Waals surface area contributed by atoms with Gasteiger partial charge in [0, 0.05) is 13.0 Å². The van der Waals surface area contributed by atoms with E-state index in [1.54, 1.807) is 0 Å². The zero-order chi connectivity index (χ0) is 16.4. The average Bonchev–Trinajstić information content (AvgIpc) is 3.05. The molecule has 122 valence electrons. The zero-order valence-corrected chi connectivity index (χ0v) is 13.9. The number of amides is 2. The van der Waals surface area contributed by atoms with Gasteiger partial charge in [-0.05, 0) is 36.3 Å². The topological polar surface area (TPSA) is 67.2 Å². The van der Waals surface area contributed by atoms with Crippen molar-refractivity contribution >= 4 is 11.7 Å².